The first-order valence-electron chi connectivity index (χ1n) is 6.33. The van der Waals surface area contributed by atoms with Gasteiger partial charge in [-0.1, -0.05) is 6.07 Å². The molecule has 0 atom stereocenters. The maximum Gasteiger partial charge on any atom is 0.142 e. The molecule has 3 rings (SSSR count). The van der Waals surface area contributed by atoms with Crippen LogP contribution in [0, 0.1) is 6.92 Å². The Morgan fingerprint density at radius 2 is 2.10 bits per heavy atom. The van der Waals surface area contributed by atoms with Crippen LogP contribution in [0.2, 0.25) is 0 Å². The van der Waals surface area contributed by atoms with Gasteiger partial charge in [-0.25, -0.2) is 4.98 Å². The number of nitrogens with zero attached hydrogens (tertiary/aromatic N) is 3. The molecule has 0 amide bonds. The number of rotatable bonds is 4. The third kappa shape index (κ3) is 3.00. The first-order valence-corrected chi connectivity index (χ1v) is 7.21. The number of aromatic nitrogens is 3. The van der Waals surface area contributed by atoms with E-state index < -0.39 is 0 Å². The highest BCUT2D eigenvalue weighted by molar-refractivity contribution is 7.13. The summed E-state index contributed by atoms with van der Waals surface area (Å²) in [5, 5.41) is 6.32. The molecule has 3 aromatic heterocycles. The Morgan fingerprint density at radius 3 is 2.85 bits per heavy atom. The van der Waals surface area contributed by atoms with E-state index in [1.807, 2.05) is 43.5 Å². The van der Waals surface area contributed by atoms with Gasteiger partial charge < -0.3 is 5.32 Å². The maximum absolute atomic E-state index is 4.59. The minimum absolute atomic E-state index is 0.689. The van der Waals surface area contributed by atoms with Crippen LogP contribution >= 0.6 is 11.3 Å². The molecule has 0 fully saturated rings. The quantitative estimate of drug-likeness (QED) is 0.795. The van der Waals surface area contributed by atoms with Gasteiger partial charge >= 0.3 is 0 Å². The largest absolute Gasteiger partial charge is 0.378 e. The van der Waals surface area contributed by atoms with Gasteiger partial charge in [0.1, 0.15) is 5.01 Å². The third-order valence-electron chi connectivity index (χ3n) is 2.82. The third-order valence-corrected chi connectivity index (χ3v) is 3.73. The summed E-state index contributed by atoms with van der Waals surface area (Å²) >= 11 is 1.61. The second-order valence-electron chi connectivity index (χ2n) is 4.40. The molecular formula is C15H14N4S. The SMILES string of the molecule is Cc1ccc(NCc2csc(-c3ccccn3)n2)cn1. The zero-order valence-electron chi connectivity index (χ0n) is 11.1. The summed E-state index contributed by atoms with van der Waals surface area (Å²) in [5.41, 5.74) is 3.95. The monoisotopic (exact) mass is 282 g/mol. The second-order valence-corrected chi connectivity index (χ2v) is 5.26. The van der Waals surface area contributed by atoms with E-state index in [1.54, 1.807) is 17.5 Å². The van der Waals surface area contributed by atoms with E-state index in [0.717, 1.165) is 27.8 Å². The molecule has 0 spiro atoms. The maximum atomic E-state index is 4.59. The normalized spacial score (nSPS) is 10.4. The highest BCUT2D eigenvalue weighted by atomic mass is 32.1. The van der Waals surface area contributed by atoms with Crippen LogP contribution in [0.15, 0.2) is 48.1 Å². The summed E-state index contributed by atoms with van der Waals surface area (Å²) < 4.78 is 0. The van der Waals surface area contributed by atoms with Crippen molar-refractivity contribution < 1.29 is 0 Å². The van der Waals surface area contributed by atoms with E-state index in [4.69, 9.17) is 0 Å². The van der Waals surface area contributed by atoms with Gasteiger partial charge in [0, 0.05) is 17.3 Å². The van der Waals surface area contributed by atoms with Gasteiger partial charge in [0.05, 0.1) is 29.8 Å². The predicted molar refractivity (Wildman–Crippen MR) is 81.6 cm³/mol. The molecule has 0 bridgehead atoms. The van der Waals surface area contributed by atoms with E-state index in [1.165, 1.54) is 0 Å². The lowest BCUT2D eigenvalue weighted by atomic mass is 10.3. The van der Waals surface area contributed by atoms with Crippen molar-refractivity contribution >= 4 is 17.0 Å². The van der Waals surface area contributed by atoms with E-state index in [2.05, 4.69) is 25.6 Å². The molecule has 1 N–H and O–H groups in total. The Kier molecular flexibility index (Phi) is 3.69. The summed E-state index contributed by atoms with van der Waals surface area (Å²) in [4.78, 5) is 13.1. The Labute approximate surface area is 121 Å². The van der Waals surface area contributed by atoms with E-state index in [9.17, 15) is 0 Å². The predicted octanol–water partition coefficient (Wildman–Crippen LogP) is 3.52. The number of pyridine rings is 2. The number of hydrogen-bond donors (Lipinski definition) is 1. The van der Waals surface area contributed by atoms with Crippen LogP contribution < -0.4 is 5.32 Å². The highest BCUT2D eigenvalue weighted by Crippen LogP contribution is 2.21. The summed E-state index contributed by atoms with van der Waals surface area (Å²) in [6.07, 6.45) is 3.62. The Hall–Kier alpha value is -2.27. The van der Waals surface area contributed by atoms with Crippen molar-refractivity contribution in [1.82, 2.24) is 15.0 Å². The molecule has 0 saturated carbocycles. The first kappa shape index (κ1) is 12.7. The molecule has 20 heavy (non-hydrogen) atoms. The lowest BCUT2D eigenvalue weighted by molar-refractivity contribution is 1.06. The number of anilines is 1. The second kappa shape index (κ2) is 5.79. The van der Waals surface area contributed by atoms with Crippen LogP contribution in [0.5, 0.6) is 0 Å². The zero-order valence-corrected chi connectivity index (χ0v) is 11.9. The number of hydrogen-bond acceptors (Lipinski definition) is 5. The standard InChI is InChI=1S/C15H14N4S/c1-11-5-6-12(8-17-11)18-9-13-10-20-15(19-13)14-4-2-3-7-16-14/h2-8,10,18H,9H2,1H3. The van der Waals surface area contributed by atoms with Gasteiger partial charge in [-0.3, -0.25) is 9.97 Å². The molecule has 0 aliphatic carbocycles. The van der Waals surface area contributed by atoms with Crippen molar-refractivity contribution in [3.8, 4) is 10.7 Å². The van der Waals surface area contributed by atoms with Crippen molar-refractivity contribution in [3.63, 3.8) is 0 Å². The van der Waals surface area contributed by atoms with Gasteiger partial charge in [-0.15, -0.1) is 11.3 Å². The Bertz CT molecular complexity index is 677. The van der Waals surface area contributed by atoms with Crippen LogP contribution in [0.3, 0.4) is 0 Å². The van der Waals surface area contributed by atoms with Crippen molar-refractivity contribution in [3.05, 3.63) is 59.5 Å². The summed E-state index contributed by atoms with van der Waals surface area (Å²) in [7, 11) is 0. The van der Waals surface area contributed by atoms with Crippen LogP contribution in [0.25, 0.3) is 10.7 Å². The van der Waals surface area contributed by atoms with Crippen molar-refractivity contribution in [2.24, 2.45) is 0 Å². The van der Waals surface area contributed by atoms with Crippen molar-refractivity contribution in [2.45, 2.75) is 13.5 Å². The molecule has 0 aromatic carbocycles. The van der Waals surface area contributed by atoms with Gasteiger partial charge in [0.15, 0.2) is 0 Å². The molecule has 0 unspecified atom stereocenters. The smallest absolute Gasteiger partial charge is 0.142 e. The molecule has 3 heterocycles. The Morgan fingerprint density at radius 1 is 1.15 bits per heavy atom. The van der Waals surface area contributed by atoms with Crippen LogP contribution in [-0.2, 0) is 6.54 Å². The highest BCUT2D eigenvalue weighted by Gasteiger charge is 2.05. The number of aryl methyl sites for hydroxylation is 1. The lowest BCUT2D eigenvalue weighted by Gasteiger charge is -2.03. The average Bonchev–Trinajstić information content (AvgIpc) is 2.97. The summed E-state index contributed by atoms with van der Waals surface area (Å²) in [6, 6.07) is 9.86. The molecule has 0 aliphatic heterocycles. The van der Waals surface area contributed by atoms with Gasteiger partial charge in [-0.05, 0) is 31.2 Å². The molecule has 4 nitrogen and oxygen atoms in total. The lowest BCUT2D eigenvalue weighted by Crippen LogP contribution is -2.00. The van der Waals surface area contributed by atoms with E-state index >= 15 is 0 Å². The fourth-order valence-electron chi connectivity index (χ4n) is 1.76. The first-order chi connectivity index (χ1) is 9.81. The topological polar surface area (TPSA) is 50.7 Å². The number of thiazole rings is 1. The molecular weight excluding hydrogens is 268 g/mol. The molecule has 5 heteroatoms. The van der Waals surface area contributed by atoms with E-state index in [0.29, 0.717) is 6.54 Å². The van der Waals surface area contributed by atoms with Crippen LogP contribution in [0.1, 0.15) is 11.4 Å². The number of nitrogens with one attached hydrogen (secondary N) is 1. The fourth-order valence-corrected chi connectivity index (χ4v) is 2.56. The van der Waals surface area contributed by atoms with Crippen molar-refractivity contribution in [2.75, 3.05) is 5.32 Å². The van der Waals surface area contributed by atoms with Crippen molar-refractivity contribution in [1.29, 1.82) is 0 Å². The average molecular weight is 282 g/mol. The Balaban J connectivity index is 1.67. The molecule has 0 aliphatic rings. The fraction of sp³-hybridized carbons (Fsp3) is 0.133. The van der Waals surface area contributed by atoms with Crippen LogP contribution in [0.4, 0.5) is 5.69 Å². The summed E-state index contributed by atoms with van der Waals surface area (Å²) in [6.45, 7) is 2.66. The minimum atomic E-state index is 0.689. The van der Waals surface area contributed by atoms with Gasteiger partial charge in [0.2, 0.25) is 0 Å². The van der Waals surface area contributed by atoms with Gasteiger partial charge in [-0.2, -0.15) is 0 Å². The molecule has 0 saturated heterocycles. The zero-order chi connectivity index (χ0) is 13.8. The molecule has 0 radical (unpaired) electrons. The minimum Gasteiger partial charge on any atom is -0.378 e. The van der Waals surface area contributed by atoms with Crippen LogP contribution in [-0.4, -0.2) is 15.0 Å². The van der Waals surface area contributed by atoms with E-state index in [-0.39, 0.29) is 0 Å². The molecule has 100 valence electrons. The molecule has 3 aromatic rings. The summed E-state index contributed by atoms with van der Waals surface area (Å²) in [5.74, 6) is 0. The van der Waals surface area contributed by atoms with Gasteiger partial charge in [0.25, 0.3) is 0 Å².